The molecule has 0 spiro atoms. The van der Waals surface area contributed by atoms with E-state index in [-0.39, 0.29) is 5.69 Å². The molecule has 4 rings (SSSR count). The van der Waals surface area contributed by atoms with Gasteiger partial charge in [0.2, 0.25) is 0 Å². The number of imidazole rings is 1. The van der Waals surface area contributed by atoms with Crippen molar-refractivity contribution in [2.24, 2.45) is 0 Å². The van der Waals surface area contributed by atoms with Gasteiger partial charge in [-0.05, 0) is 30.3 Å². The van der Waals surface area contributed by atoms with Gasteiger partial charge in [0, 0.05) is 17.6 Å². The number of aromatic nitrogens is 3. The van der Waals surface area contributed by atoms with Gasteiger partial charge in [-0.15, -0.1) is 11.3 Å². The molecule has 0 aliphatic heterocycles. The Balaban J connectivity index is 1.63. The van der Waals surface area contributed by atoms with Crippen LogP contribution >= 0.6 is 11.3 Å². The zero-order chi connectivity index (χ0) is 17.4. The molecule has 126 valence electrons. The molecular formula is C16H10F2N4OS2. The third-order valence-electron chi connectivity index (χ3n) is 3.44. The molecule has 4 aromatic rings. The van der Waals surface area contributed by atoms with E-state index in [1.165, 1.54) is 17.4 Å². The Labute approximate surface area is 147 Å². The third kappa shape index (κ3) is 3.15. The molecular weight excluding hydrogens is 366 g/mol. The summed E-state index contributed by atoms with van der Waals surface area (Å²) in [7, 11) is -1.71. The fraction of sp³-hybridized carbons (Fsp3) is 0. The van der Waals surface area contributed by atoms with E-state index in [1.807, 2.05) is 5.38 Å². The molecule has 0 saturated carbocycles. The van der Waals surface area contributed by atoms with Crippen LogP contribution in [0.1, 0.15) is 0 Å². The second-order valence-corrected chi connectivity index (χ2v) is 7.20. The first-order valence-electron chi connectivity index (χ1n) is 7.13. The van der Waals surface area contributed by atoms with Crippen LogP contribution in [0.3, 0.4) is 0 Å². The van der Waals surface area contributed by atoms with Crippen molar-refractivity contribution in [2.75, 3.05) is 4.72 Å². The Morgan fingerprint density at radius 1 is 1.16 bits per heavy atom. The first kappa shape index (κ1) is 15.9. The van der Waals surface area contributed by atoms with Gasteiger partial charge in [-0.25, -0.2) is 23.0 Å². The number of halogens is 2. The molecule has 1 unspecified atom stereocenters. The van der Waals surface area contributed by atoms with Crippen molar-refractivity contribution in [1.29, 1.82) is 0 Å². The molecule has 2 aromatic carbocycles. The van der Waals surface area contributed by atoms with Crippen LogP contribution in [0.4, 0.5) is 14.5 Å². The first-order valence-corrected chi connectivity index (χ1v) is 9.16. The lowest BCUT2D eigenvalue weighted by Gasteiger charge is -2.07. The Morgan fingerprint density at radius 2 is 2.04 bits per heavy atom. The lowest BCUT2D eigenvalue weighted by atomic mass is 10.3. The Hall–Kier alpha value is -2.65. The third-order valence-corrected chi connectivity index (χ3v) is 5.30. The number of nitrogens with one attached hydrogen (secondary N) is 2. The van der Waals surface area contributed by atoms with Gasteiger partial charge in [-0.1, -0.05) is 0 Å². The van der Waals surface area contributed by atoms with Crippen LogP contribution in [0.5, 0.6) is 0 Å². The maximum Gasteiger partial charge on any atom is 0.167 e. The number of fused-ring (bicyclic) bond motifs is 1. The smallest absolute Gasteiger partial charge is 0.167 e. The maximum absolute atomic E-state index is 13.7. The number of rotatable bonds is 4. The number of aromatic amines is 1. The monoisotopic (exact) mass is 376 g/mol. The van der Waals surface area contributed by atoms with Gasteiger partial charge in [-0.3, -0.25) is 4.72 Å². The number of hydrogen-bond donors (Lipinski definition) is 2. The number of anilines is 1. The van der Waals surface area contributed by atoms with Crippen LogP contribution in [-0.2, 0) is 11.0 Å². The molecule has 9 heteroatoms. The van der Waals surface area contributed by atoms with Crippen molar-refractivity contribution in [3.8, 4) is 10.8 Å². The summed E-state index contributed by atoms with van der Waals surface area (Å²) in [5, 5.41) is 2.61. The Kier molecular flexibility index (Phi) is 4.02. The zero-order valence-electron chi connectivity index (χ0n) is 12.5. The molecule has 0 radical (unpaired) electrons. The molecule has 0 bridgehead atoms. The number of H-pyrrole nitrogens is 1. The van der Waals surface area contributed by atoms with Gasteiger partial charge in [0.1, 0.15) is 22.6 Å². The highest BCUT2D eigenvalue weighted by Crippen LogP contribution is 2.24. The second-order valence-electron chi connectivity index (χ2n) is 5.10. The van der Waals surface area contributed by atoms with Gasteiger partial charge in [-0.2, -0.15) is 0 Å². The summed E-state index contributed by atoms with van der Waals surface area (Å²) in [5.41, 5.74) is 1.37. The molecule has 2 heterocycles. The van der Waals surface area contributed by atoms with Crippen molar-refractivity contribution in [3.63, 3.8) is 0 Å². The molecule has 25 heavy (non-hydrogen) atoms. The lowest BCUT2D eigenvalue weighted by molar-refractivity contribution is 0.586. The topological polar surface area (TPSA) is 70.7 Å². The predicted octanol–water partition coefficient (Wildman–Crippen LogP) is 4.10. The normalized spacial score (nSPS) is 12.4. The van der Waals surface area contributed by atoms with Crippen LogP contribution in [0.25, 0.3) is 21.9 Å². The van der Waals surface area contributed by atoms with Crippen molar-refractivity contribution < 1.29 is 13.0 Å². The summed E-state index contributed by atoms with van der Waals surface area (Å²) in [6, 6.07) is 8.07. The summed E-state index contributed by atoms with van der Waals surface area (Å²) >= 11 is 1.46. The van der Waals surface area contributed by atoms with E-state index in [4.69, 9.17) is 0 Å². The highest BCUT2D eigenvalue weighted by molar-refractivity contribution is 7.86. The molecule has 0 saturated heterocycles. The number of nitrogens with zero attached hydrogens (tertiary/aromatic N) is 2. The van der Waals surface area contributed by atoms with Crippen LogP contribution in [0, 0.1) is 11.6 Å². The molecule has 0 aliphatic carbocycles. The van der Waals surface area contributed by atoms with Crippen molar-refractivity contribution in [1.82, 2.24) is 15.0 Å². The van der Waals surface area contributed by atoms with Gasteiger partial charge < -0.3 is 4.98 Å². The number of thiazole rings is 1. The summed E-state index contributed by atoms with van der Waals surface area (Å²) in [6.45, 7) is 0. The van der Waals surface area contributed by atoms with Crippen LogP contribution < -0.4 is 4.72 Å². The van der Waals surface area contributed by atoms with E-state index in [1.54, 1.807) is 24.4 Å². The summed E-state index contributed by atoms with van der Waals surface area (Å²) in [5.74, 6) is -0.866. The number of hydrogen-bond acceptors (Lipinski definition) is 4. The molecule has 2 N–H and O–H groups in total. The second kappa shape index (κ2) is 6.34. The molecule has 5 nitrogen and oxygen atoms in total. The van der Waals surface area contributed by atoms with E-state index in [0.717, 1.165) is 17.1 Å². The Morgan fingerprint density at radius 3 is 2.80 bits per heavy atom. The average Bonchev–Trinajstić information content (AvgIpc) is 3.25. The minimum absolute atomic E-state index is 0.0343. The van der Waals surface area contributed by atoms with Gasteiger partial charge in [0.25, 0.3) is 0 Å². The first-order chi connectivity index (χ1) is 12.1. The fourth-order valence-electron chi connectivity index (χ4n) is 2.28. The lowest BCUT2D eigenvalue weighted by Crippen LogP contribution is -2.06. The fourth-order valence-corrected chi connectivity index (χ4v) is 3.76. The van der Waals surface area contributed by atoms with Gasteiger partial charge in [0.05, 0.1) is 21.6 Å². The van der Waals surface area contributed by atoms with E-state index < -0.39 is 22.6 Å². The highest BCUT2D eigenvalue weighted by Gasteiger charge is 2.12. The van der Waals surface area contributed by atoms with Gasteiger partial charge in [0.15, 0.2) is 10.8 Å². The van der Waals surface area contributed by atoms with Crippen molar-refractivity contribution in [3.05, 3.63) is 59.6 Å². The molecule has 0 fully saturated rings. The van der Waals surface area contributed by atoms with E-state index in [2.05, 4.69) is 19.7 Å². The standard InChI is InChI=1S/C16H10F2N4OS2/c17-9-1-3-12(11(18)7-9)22-25(23)10-2-4-13-14(8-10)21-15(20-13)16-19-5-6-24-16/h1-8,22H,(H,20,21). The summed E-state index contributed by atoms with van der Waals surface area (Å²) in [4.78, 5) is 12.2. The highest BCUT2D eigenvalue weighted by atomic mass is 32.2. The molecule has 1 atom stereocenters. The van der Waals surface area contributed by atoms with Crippen LogP contribution in [0.2, 0.25) is 0 Å². The largest absolute Gasteiger partial charge is 0.336 e. The van der Waals surface area contributed by atoms with Crippen LogP contribution in [-0.4, -0.2) is 19.2 Å². The average molecular weight is 376 g/mol. The number of benzene rings is 2. The summed E-state index contributed by atoms with van der Waals surface area (Å²) in [6.07, 6.45) is 1.69. The molecule has 0 amide bonds. The summed E-state index contributed by atoms with van der Waals surface area (Å²) < 4.78 is 41.6. The maximum atomic E-state index is 13.7. The Bertz CT molecular complexity index is 1080. The van der Waals surface area contributed by atoms with E-state index >= 15 is 0 Å². The van der Waals surface area contributed by atoms with E-state index in [9.17, 15) is 13.0 Å². The van der Waals surface area contributed by atoms with Gasteiger partial charge >= 0.3 is 0 Å². The van der Waals surface area contributed by atoms with Crippen molar-refractivity contribution >= 4 is 39.0 Å². The van der Waals surface area contributed by atoms with Crippen molar-refractivity contribution in [2.45, 2.75) is 4.90 Å². The zero-order valence-corrected chi connectivity index (χ0v) is 14.1. The predicted molar refractivity (Wildman–Crippen MR) is 93.6 cm³/mol. The minimum atomic E-state index is -1.71. The molecule has 2 aromatic heterocycles. The quantitative estimate of drug-likeness (QED) is 0.563. The van der Waals surface area contributed by atoms with Crippen LogP contribution in [0.15, 0.2) is 52.9 Å². The SMILES string of the molecule is O=S(Nc1ccc(F)cc1F)c1ccc2nc(-c3nccs3)[nH]c2c1. The van der Waals surface area contributed by atoms with E-state index in [0.29, 0.717) is 21.8 Å². The molecule has 0 aliphatic rings. The minimum Gasteiger partial charge on any atom is -0.336 e.